The number of likely N-dealkylation sites (tertiary alicyclic amines) is 1. The predicted octanol–water partition coefficient (Wildman–Crippen LogP) is 0.413. The maximum Gasteiger partial charge on any atom is 0.228 e. The number of amides is 1. The number of ether oxygens (including phenoxy) is 2. The number of piperidine rings is 1. The molecule has 5 heteroatoms. The van der Waals surface area contributed by atoms with Crippen LogP contribution in [0.2, 0.25) is 0 Å². The summed E-state index contributed by atoms with van der Waals surface area (Å²) in [6.45, 7) is 3.38. The molecule has 0 saturated carbocycles. The molecule has 0 aromatic rings. The van der Waals surface area contributed by atoms with Gasteiger partial charge in [0.05, 0.1) is 31.8 Å². The highest BCUT2D eigenvalue weighted by Crippen LogP contribution is 2.20. The normalized spacial score (nSPS) is 26.3. The zero-order valence-corrected chi connectivity index (χ0v) is 10.8. The SMILES string of the molecule is O=C(C1CCCOC1)N1CCC(OCCO)CC1. The lowest BCUT2D eigenvalue weighted by Crippen LogP contribution is -2.45. The van der Waals surface area contributed by atoms with Crippen molar-refractivity contribution in [3.8, 4) is 0 Å². The fraction of sp³-hybridized carbons (Fsp3) is 0.923. The van der Waals surface area contributed by atoms with Crippen LogP contribution in [0.1, 0.15) is 25.7 Å². The summed E-state index contributed by atoms with van der Waals surface area (Å²) < 4.78 is 10.9. The van der Waals surface area contributed by atoms with Crippen molar-refractivity contribution in [2.24, 2.45) is 5.92 Å². The van der Waals surface area contributed by atoms with Crippen molar-refractivity contribution in [2.75, 3.05) is 39.5 Å². The topological polar surface area (TPSA) is 59.0 Å². The van der Waals surface area contributed by atoms with E-state index in [9.17, 15) is 4.79 Å². The molecule has 0 spiro atoms. The summed E-state index contributed by atoms with van der Waals surface area (Å²) in [7, 11) is 0. The van der Waals surface area contributed by atoms with Crippen LogP contribution < -0.4 is 0 Å². The van der Waals surface area contributed by atoms with E-state index in [2.05, 4.69) is 0 Å². The van der Waals surface area contributed by atoms with E-state index in [1.807, 2.05) is 4.90 Å². The molecule has 0 aromatic carbocycles. The van der Waals surface area contributed by atoms with Crippen LogP contribution in [-0.2, 0) is 14.3 Å². The number of carbonyl (C=O) groups is 1. The Morgan fingerprint density at radius 3 is 2.72 bits per heavy atom. The minimum absolute atomic E-state index is 0.0636. The summed E-state index contributed by atoms with van der Waals surface area (Å²) in [6.07, 6.45) is 3.90. The van der Waals surface area contributed by atoms with Crippen LogP contribution in [-0.4, -0.2) is 61.5 Å². The molecular formula is C13H23NO4. The van der Waals surface area contributed by atoms with Crippen molar-refractivity contribution in [2.45, 2.75) is 31.8 Å². The summed E-state index contributed by atoms with van der Waals surface area (Å²) in [4.78, 5) is 14.2. The Kier molecular flexibility index (Phi) is 5.41. The Hall–Kier alpha value is -0.650. The van der Waals surface area contributed by atoms with Crippen LogP contribution in [0.25, 0.3) is 0 Å². The van der Waals surface area contributed by atoms with Gasteiger partial charge in [-0.25, -0.2) is 0 Å². The molecule has 1 unspecified atom stereocenters. The second kappa shape index (κ2) is 7.07. The molecule has 0 aromatic heterocycles. The van der Waals surface area contributed by atoms with Crippen LogP contribution in [0.3, 0.4) is 0 Å². The maximum absolute atomic E-state index is 12.2. The Balaban J connectivity index is 1.73. The van der Waals surface area contributed by atoms with Crippen molar-refractivity contribution in [3.05, 3.63) is 0 Å². The first-order valence-corrected chi connectivity index (χ1v) is 6.90. The number of hydrogen-bond donors (Lipinski definition) is 1. The third kappa shape index (κ3) is 3.67. The van der Waals surface area contributed by atoms with E-state index >= 15 is 0 Å². The minimum atomic E-state index is 0.0636. The van der Waals surface area contributed by atoms with Crippen LogP contribution in [0, 0.1) is 5.92 Å². The molecule has 2 rings (SSSR count). The molecule has 2 aliphatic rings. The van der Waals surface area contributed by atoms with Crippen molar-refractivity contribution in [3.63, 3.8) is 0 Å². The van der Waals surface area contributed by atoms with E-state index in [1.165, 1.54) is 0 Å². The zero-order valence-electron chi connectivity index (χ0n) is 10.8. The molecule has 0 radical (unpaired) electrons. The summed E-state index contributed by atoms with van der Waals surface area (Å²) in [5.74, 6) is 0.309. The highest BCUT2D eigenvalue weighted by atomic mass is 16.5. The van der Waals surface area contributed by atoms with E-state index in [4.69, 9.17) is 14.6 Å². The van der Waals surface area contributed by atoms with Crippen molar-refractivity contribution >= 4 is 5.91 Å². The molecule has 1 atom stereocenters. The number of rotatable bonds is 4. The third-order valence-electron chi connectivity index (χ3n) is 3.71. The minimum Gasteiger partial charge on any atom is -0.394 e. The summed E-state index contributed by atoms with van der Waals surface area (Å²) in [5, 5.41) is 8.70. The summed E-state index contributed by atoms with van der Waals surface area (Å²) in [5.41, 5.74) is 0. The lowest BCUT2D eigenvalue weighted by Gasteiger charge is -2.35. The fourth-order valence-electron chi connectivity index (χ4n) is 2.66. The van der Waals surface area contributed by atoms with Crippen molar-refractivity contribution < 1.29 is 19.4 Å². The Morgan fingerprint density at radius 2 is 2.11 bits per heavy atom. The standard InChI is InChI=1S/C13H23NO4/c15-7-9-18-12-3-5-14(6-4-12)13(16)11-2-1-8-17-10-11/h11-12,15H,1-10H2. The molecule has 1 N–H and O–H groups in total. The second-order valence-corrected chi connectivity index (χ2v) is 5.03. The monoisotopic (exact) mass is 257 g/mol. The van der Waals surface area contributed by atoms with E-state index < -0.39 is 0 Å². The van der Waals surface area contributed by atoms with E-state index in [0.717, 1.165) is 45.4 Å². The van der Waals surface area contributed by atoms with Gasteiger partial charge in [-0.05, 0) is 25.7 Å². The molecule has 2 aliphatic heterocycles. The molecule has 18 heavy (non-hydrogen) atoms. The highest BCUT2D eigenvalue weighted by Gasteiger charge is 2.29. The van der Waals surface area contributed by atoms with Gasteiger partial charge in [0.2, 0.25) is 5.91 Å². The first-order chi connectivity index (χ1) is 8.81. The Labute approximate surface area is 108 Å². The number of aliphatic hydroxyl groups excluding tert-OH is 1. The maximum atomic E-state index is 12.2. The van der Waals surface area contributed by atoms with Crippen LogP contribution >= 0.6 is 0 Å². The molecule has 1 amide bonds. The van der Waals surface area contributed by atoms with Crippen LogP contribution in [0.5, 0.6) is 0 Å². The highest BCUT2D eigenvalue weighted by molar-refractivity contribution is 5.79. The van der Waals surface area contributed by atoms with Crippen molar-refractivity contribution in [1.29, 1.82) is 0 Å². The average Bonchev–Trinajstić information content (AvgIpc) is 2.46. The number of nitrogens with zero attached hydrogens (tertiary/aromatic N) is 1. The summed E-state index contributed by atoms with van der Waals surface area (Å²) in [6, 6.07) is 0. The van der Waals surface area contributed by atoms with E-state index in [-0.39, 0.29) is 24.5 Å². The van der Waals surface area contributed by atoms with Gasteiger partial charge in [0.15, 0.2) is 0 Å². The van der Waals surface area contributed by atoms with Gasteiger partial charge < -0.3 is 19.5 Å². The van der Waals surface area contributed by atoms with Gasteiger partial charge in [-0.2, -0.15) is 0 Å². The predicted molar refractivity (Wildman–Crippen MR) is 66.2 cm³/mol. The largest absolute Gasteiger partial charge is 0.394 e. The molecule has 0 bridgehead atoms. The average molecular weight is 257 g/mol. The van der Waals surface area contributed by atoms with Gasteiger partial charge in [-0.3, -0.25) is 4.79 Å². The molecule has 5 nitrogen and oxygen atoms in total. The van der Waals surface area contributed by atoms with E-state index in [0.29, 0.717) is 13.2 Å². The molecule has 2 fully saturated rings. The first-order valence-electron chi connectivity index (χ1n) is 6.90. The first kappa shape index (κ1) is 13.8. The molecule has 2 heterocycles. The van der Waals surface area contributed by atoms with Gasteiger partial charge in [-0.15, -0.1) is 0 Å². The molecule has 104 valence electrons. The zero-order chi connectivity index (χ0) is 12.8. The van der Waals surface area contributed by atoms with Gasteiger partial charge in [0.25, 0.3) is 0 Å². The van der Waals surface area contributed by atoms with E-state index in [1.54, 1.807) is 0 Å². The number of hydrogen-bond acceptors (Lipinski definition) is 4. The number of aliphatic hydroxyl groups is 1. The smallest absolute Gasteiger partial charge is 0.228 e. The summed E-state index contributed by atoms with van der Waals surface area (Å²) >= 11 is 0. The third-order valence-corrected chi connectivity index (χ3v) is 3.71. The lowest BCUT2D eigenvalue weighted by atomic mass is 9.98. The van der Waals surface area contributed by atoms with Gasteiger partial charge in [0, 0.05) is 19.7 Å². The second-order valence-electron chi connectivity index (χ2n) is 5.03. The Bertz CT molecular complexity index is 258. The molecular weight excluding hydrogens is 234 g/mol. The quantitative estimate of drug-likeness (QED) is 0.792. The molecule has 0 aliphatic carbocycles. The van der Waals surface area contributed by atoms with Gasteiger partial charge in [0.1, 0.15) is 0 Å². The number of carbonyl (C=O) groups excluding carboxylic acids is 1. The molecule has 2 saturated heterocycles. The van der Waals surface area contributed by atoms with Crippen LogP contribution in [0.4, 0.5) is 0 Å². The lowest BCUT2D eigenvalue weighted by molar-refractivity contribution is -0.142. The Morgan fingerprint density at radius 1 is 1.33 bits per heavy atom. The fourth-order valence-corrected chi connectivity index (χ4v) is 2.66. The van der Waals surface area contributed by atoms with Crippen molar-refractivity contribution in [1.82, 2.24) is 4.90 Å². The van der Waals surface area contributed by atoms with Gasteiger partial charge >= 0.3 is 0 Å². The van der Waals surface area contributed by atoms with Gasteiger partial charge in [-0.1, -0.05) is 0 Å². The van der Waals surface area contributed by atoms with Crippen LogP contribution in [0.15, 0.2) is 0 Å².